The van der Waals surface area contributed by atoms with E-state index in [0.717, 1.165) is 12.1 Å². The topological polar surface area (TPSA) is 96.0 Å². The molecule has 2 unspecified atom stereocenters. The van der Waals surface area contributed by atoms with Gasteiger partial charge in [0.05, 0.1) is 22.9 Å². The van der Waals surface area contributed by atoms with E-state index in [9.17, 15) is 27.2 Å². The minimum Gasteiger partial charge on any atom is -0.345 e. The Morgan fingerprint density at radius 3 is 2.55 bits per heavy atom. The Labute approximate surface area is 178 Å². The molecule has 1 aromatic carbocycles. The lowest BCUT2D eigenvalue weighted by Crippen LogP contribution is -2.57. The summed E-state index contributed by atoms with van der Waals surface area (Å²) in [7, 11) is 0. The van der Waals surface area contributed by atoms with Crippen molar-refractivity contribution >= 4 is 23.6 Å². The van der Waals surface area contributed by atoms with Crippen molar-refractivity contribution in [1.29, 1.82) is 0 Å². The molecule has 4 rings (SSSR count). The number of rotatable bonds is 5. The molecule has 2 fully saturated rings. The molecular formula is C19H17F4N5O2S. The molecule has 1 aliphatic heterocycles. The summed E-state index contributed by atoms with van der Waals surface area (Å²) < 4.78 is 51.8. The highest BCUT2D eigenvalue weighted by atomic mass is 32.2. The van der Waals surface area contributed by atoms with Crippen molar-refractivity contribution in [3.63, 3.8) is 0 Å². The molecule has 2 aromatic rings. The Hall–Kier alpha value is -2.73. The predicted octanol–water partition coefficient (Wildman–Crippen LogP) is 2.51. The number of carbonyl (C=O) groups is 2. The molecule has 2 amide bonds. The van der Waals surface area contributed by atoms with Gasteiger partial charge >= 0.3 is 5.51 Å². The van der Waals surface area contributed by atoms with Crippen LogP contribution in [0.2, 0.25) is 0 Å². The van der Waals surface area contributed by atoms with Crippen molar-refractivity contribution in [2.75, 3.05) is 0 Å². The van der Waals surface area contributed by atoms with E-state index in [1.165, 1.54) is 18.5 Å². The van der Waals surface area contributed by atoms with Gasteiger partial charge in [0.1, 0.15) is 12.0 Å². The fourth-order valence-corrected chi connectivity index (χ4v) is 3.96. The van der Waals surface area contributed by atoms with E-state index in [-0.39, 0.29) is 12.3 Å². The van der Waals surface area contributed by atoms with Crippen LogP contribution in [0.1, 0.15) is 36.8 Å². The Morgan fingerprint density at radius 2 is 1.94 bits per heavy atom. The minimum atomic E-state index is -4.60. The van der Waals surface area contributed by atoms with Gasteiger partial charge in [-0.2, -0.15) is 13.2 Å². The quantitative estimate of drug-likeness (QED) is 0.474. The van der Waals surface area contributed by atoms with Crippen LogP contribution in [-0.4, -0.2) is 33.3 Å². The first-order valence-corrected chi connectivity index (χ1v) is 10.2. The molecule has 1 saturated heterocycles. The van der Waals surface area contributed by atoms with Gasteiger partial charge in [-0.1, -0.05) is 6.07 Å². The lowest BCUT2D eigenvalue weighted by atomic mass is 10.0. The summed E-state index contributed by atoms with van der Waals surface area (Å²) in [4.78, 5) is 32.5. The highest BCUT2D eigenvalue weighted by Crippen LogP contribution is 2.47. The van der Waals surface area contributed by atoms with Crippen LogP contribution in [0.25, 0.3) is 0 Å². The van der Waals surface area contributed by atoms with Crippen molar-refractivity contribution in [2.45, 2.75) is 47.4 Å². The predicted molar refractivity (Wildman–Crippen MR) is 102 cm³/mol. The van der Waals surface area contributed by atoms with E-state index < -0.39 is 51.6 Å². The van der Waals surface area contributed by atoms with Gasteiger partial charge in [0, 0.05) is 12.4 Å². The average molecular weight is 455 g/mol. The molecule has 1 aliphatic carbocycles. The number of alkyl halides is 3. The van der Waals surface area contributed by atoms with E-state index in [4.69, 9.17) is 0 Å². The third-order valence-electron chi connectivity index (χ3n) is 5.05. The van der Waals surface area contributed by atoms with E-state index in [0.29, 0.717) is 24.2 Å². The summed E-state index contributed by atoms with van der Waals surface area (Å²) in [5, 5.41) is 8.46. The van der Waals surface area contributed by atoms with Crippen molar-refractivity contribution in [3.05, 3.63) is 53.9 Å². The van der Waals surface area contributed by atoms with Crippen LogP contribution in [0.3, 0.4) is 0 Å². The van der Waals surface area contributed by atoms with Crippen molar-refractivity contribution in [2.24, 2.45) is 0 Å². The Bertz CT molecular complexity index is 1000. The van der Waals surface area contributed by atoms with Crippen molar-refractivity contribution in [1.82, 2.24) is 25.9 Å². The maximum atomic E-state index is 14.2. The first-order valence-electron chi connectivity index (χ1n) is 9.35. The third kappa shape index (κ3) is 4.96. The number of carbonyl (C=O) groups excluding carboxylic acids is 2. The fraction of sp³-hybridized carbons (Fsp3) is 0.368. The highest BCUT2D eigenvalue weighted by Gasteiger charge is 2.47. The van der Waals surface area contributed by atoms with Crippen LogP contribution in [0.5, 0.6) is 0 Å². The van der Waals surface area contributed by atoms with Crippen LogP contribution in [0, 0.1) is 5.82 Å². The van der Waals surface area contributed by atoms with Crippen molar-refractivity contribution in [3.8, 4) is 0 Å². The second kappa shape index (κ2) is 8.08. The van der Waals surface area contributed by atoms with Crippen molar-refractivity contribution < 1.29 is 27.2 Å². The molecule has 2 atom stereocenters. The van der Waals surface area contributed by atoms with E-state index >= 15 is 0 Å². The monoisotopic (exact) mass is 455 g/mol. The molecule has 31 heavy (non-hydrogen) atoms. The summed E-state index contributed by atoms with van der Waals surface area (Å²) in [6, 6.07) is 4.20. The SMILES string of the molecule is O=C1CC(C(=O)NC2(c3ccc(SC(F)(F)F)c(F)c3)CC2)NC(c2ncccn2)N1. The molecule has 2 aliphatic rings. The van der Waals surface area contributed by atoms with Crippen LogP contribution in [-0.2, 0) is 15.1 Å². The third-order valence-corrected chi connectivity index (χ3v) is 5.83. The second-order valence-corrected chi connectivity index (χ2v) is 8.40. The van der Waals surface area contributed by atoms with Gasteiger partial charge in [-0.05, 0) is 48.4 Å². The van der Waals surface area contributed by atoms with E-state index in [2.05, 4.69) is 25.9 Å². The number of hydrogen-bond donors (Lipinski definition) is 3. The number of hydrogen-bond acceptors (Lipinski definition) is 6. The van der Waals surface area contributed by atoms with Gasteiger partial charge in [-0.15, -0.1) is 0 Å². The Kier molecular flexibility index (Phi) is 5.60. The summed E-state index contributed by atoms with van der Waals surface area (Å²) in [6.45, 7) is 0. The Balaban J connectivity index is 1.46. The minimum absolute atomic E-state index is 0.110. The van der Waals surface area contributed by atoms with E-state index in [1.54, 1.807) is 6.07 Å². The highest BCUT2D eigenvalue weighted by molar-refractivity contribution is 8.00. The molecule has 0 spiro atoms. The maximum Gasteiger partial charge on any atom is 0.446 e. The normalized spacial score (nSPS) is 22.5. The molecule has 1 aromatic heterocycles. The fourth-order valence-electron chi connectivity index (χ4n) is 3.41. The zero-order valence-corrected chi connectivity index (χ0v) is 16.7. The number of thioether (sulfide) groups is 1. The molecule has 0 radical (unpaired) electrons. The lowest BCUT2D eigenvalue weighted by Gasteiger charge is -2.31. The smallest absolute Gasteiger partial charge is 0.345 e. The van der Waals surface area contributed by atoms with Gasteiger partial charge in [0.15, 0.2) is 5.82 Å². The largest absolute Gasteiger partial charge is 0.446 e. The number of nitrogens with one attached hydrogen (secondary N) is 3. The molecule has 2 heterocycles. The van der Waals surface area contributed by atoms with Crippen LogP contribution in [0.4, 0.5) is 17.6 Å². The number of aromatic nitrogens is 2. The summed E-state index contributed by atoms with van der Waals surface area (Å²) in [5.74, 6) is -1.53. The summed E-state index contributed by atoms with van der Waals surface area (Å²) >= 11 is -0.527. The number of nitrogens with zero attached hydrogens (tertiary/aromatic N) is 2. The number of halogens is 4. The van der Waals surface area contributed by atoms with Crippen LogP contribution < -0.4 is 16.0 Å². The molecule has 3 N–H and O–H groups in total. The van der Waals surface area contributed by atoms with Gasteiger partial charge in [0.2, 0.25) is 11.8 Å². The zero-order valence-electron chi connectivity index (χ0n) is 15.9. The first kappa shape index (κ1) is 21.5. The first-order chi connectivity index (χ1) is 14.7. The lowest BCUT2D eigenvalue weighted by molar-refractivity contribution is -0.132. The standard InChI is InChI=1S/C19H17F4N5O2S/c20-11-8-10(2-3-13(11)31-19(21,22)23)18(4-5-18)28-17(30)12-9-14(29)27-16(26-12)15-24-6-1-7-25-15/h1-3,6-8,12,16,26H,4-5,9H2,(H,27,29)(H,28,30). The number of benzene rings is 1. The van der Waals surface area contributed by atoms with Gasteiger partial charge in [0.25, 0.3) is 0 Å². The average Bonchev–Trinajstić information content (AvgIpc) is 3.49. The summed E-state index contributed by atoms with van der Waals surface area (Å²) in [5.41, 5.74) is -5.08. The summed E-state index contributed by atoms with van der Waals surface area (Å²) in [6.07, 6.45) is 3.18. The van der Waals surface area contributed by atoms with Gasteiger partial charge in [-0.25, -0.2) is 14.4 Å². The molecule has 1 saturated carbocycles. The molecular weight excluding hydrogens is 438 g/mol. The molecule has 0 bridgehead atoms. The van der Waals surface area contributed by atoms with Crippen LogP contribution >= 0.6 is 11.8 Å². The van der Waals surface area contributed by atoms with Gasteiger partial charge in [-0.3, -0.25) is 14.9 Å². The van der Waals surface area contributed by atoms with E-state index in [1.807, 2.05) is 0 Å². The molecule has 12 heteroatoms. The Morgan fingerprint density at radius 1 is 1.23 bits per heavy atom. The van der Waals surface area contributed by atoms with Gasteiger partial charge < -0.3 is 10.6 Å². The molecule has 7 nitrogen and oxygen atoms in total. The molecule has 164 valence electrons. The van der Waals surface area contributed by atoms with Crippen LogP contribution in [0.15, 0.2) is 41.6 Å². The maximum absolute atomic E-state index is 14.2. The zero-order chi connectivity index (χ0) is 22.2. The number of amides is 2. The second-order valence-electron chi connectivity index (χ2n) is 7.30.